The molecule has 3 aromatic rings. The zero-order valence-electron chi connectivity index (χ0n) is 13.4. The van der Waals surface area contributed by atoms with E-state index in [1.54, 1.807) is 42.0 Å². The summed E-state index contributed by atoms with van der Waals surface area (Å²) < 4.78 is 6.77. The van der Waals surface area contributed by atoms with Gasteiger partial charge in [-0.3, -0.25) is 4.79 Å². The van der Waals surface area contributed by atoms with Crippen LogP contribution in [0.1, 0.15) is 21.6 Å². The smallest absolute Gasteiger partial charge is 0.259 e. The molecule has 2 aromatic heterocycles. The van der Waals surface area contributed by atoms with Gasteiger partial charge in [0.05, 0.1) is 12.8 Å². The highest BCUT2D eigenvalue weighted by molar-refractivity contribution is 6.00. The molecule has 0 saturated carbocycles. The molecule has 6 heteroatoms. The highest BCUT2D eigenvalue weighted by Crippen LogP contribution is 2.17. The lowest BCUT2D eigenvalue weighted by Crippen LogP contribution is -2.26. The van der Waals surface area contributed by atoms with Crippen molar-refractivity contribution in [3.8, 4) is 5.75 Å². The van der Waals surface area contributed by atoms with Gasteiger partial charge in [0.25, 0.3) is 5.91 Å². The molecule has 0 bridgehead atoms. The summed E-state index contributed by atoms with van der Waals surface area (Å²) in [6, 6.07) is 9.45. The van der Waals surface area contributed by atoms with Crippen molar-refractivity contribution in [2.45, 2.75) is 13.5 Å². The molecule has 0 spiro atoms. The second-order valence-electron chi connectivity index (χ2n) is 5.36. The minimum absolute atomic E-state index is 0.0907. The van der Waals surface area contributed by atoms with Gasteiger partial charge in [0.1, 0.15) is 11.3 Å². The van der Waals surface area contributed by atoms with Crippen molar-refractivity contribution < 1.29 is 9.53 Å². The maximum Gasteiger partial charge on any atom is 0.259 e. The lowest BCUT2D eigenvalue weighted by Gasteiger charge is -2.17. The van der Waals surface area contributed by atoms with E-state index in [1.807, 2.05) is 31.2 Å². The van der Waals surface area contributed by atoms with E-state index in [0.717, 1.165) is 11.3 Å². The Morgan fingerprint density at radius 2 is 2.04 bits per heavy atom. The Bertz CT molecular complexity index is 839. The second-order valence-corrected chi connectivity index (χ2v) is 5.36. The van der Waals surface area contributed by atoms with Crippen LogP contribution in [0.3, 0.4) is 0 Å². The lowest BCUT2D eigenvalue weighted by molar-refractivity contribution is 0.0786. The number of aromatic nitrogens is 3. The summed E-state index contributed by atoms with van der Waals surface area (Å²) in [6.45, 7) is 2.33. The van der Waals surface area contributed by atoms with Gasteiger partial charge in [-0.2, -0.15) is 5.10 Å². The Hall–Kier alpha value is -2.89. The van der Waals surface area contributed by atoms with Gasteiger partial charge >= 0.3 is 0 Å². The summed E-state index contributed by atoms with van der Waals surface area (Å²) >= 11 is 0. The highest BCUT2D eigenvalue weighted by Gasteiger charge is 2.21. The van der Waals surface area contributed by atoms with Crippen LogP contribution in [-0.4, -0.2) is 39.6 Å². The number of carbonyl (C=O) groups is 1. The number of ether oxygens (including phenoxy) is 1. The van der Waals surface area contributed by atoms with E-state index < -0.39 is 0 Å². The molecule has 0 aliphatic heterocycles. The standard InChI is InChI=1S/C17H18N4O2/c1-12-15(16-18-9-4-10-21(16)19-12)17(22)20(2)11-13-5-7-14(23-3)8-6-13/h4-10H,11H2,1-3H3. The Kier molecular flexibility index (Phi) is 3.97. The molecule has 3 rings (SSSR count). The van der Waals surface area contributed by atoms with Crippen molar-refractivity contribution in [1.82, 2.24) is 19.5 Å². The van der Waals surface area contributed by atoms with Crippen LogP contribution >= 0.6 is 0 Å². The Morgan fingerprint density at radius 3 is 2.74 bits per heavy atom. The normalized spacial score (nSPS) is 10.7. The van der Waals surface area contributed by atoms with Crippen molar-refractivity contribution >= 4 is 11.6 Å². The van der Waals surface area contributed by atoms with Gasteiger partial charge < -0.3 is 9.64 Å². The van der Waals surface area contributed by atoms with Crippen molar-refractivity contribution in [3.63, 3.8) is 0 Å². The number of amides is 1. The minimum atomic E-state index is -0.0907. The number of carbonyl (C=O) groups excluding carboxylic acids is 1. The van der Waals surface area contributed by atoms with Gasteiger partial charge in [0.2, 0.25) is 0 Å². The average molecular weight is 310 g/mol. The Balaban J connectivity index is 1.84. The Morgan fingerprint density at radius 1 is 1.30 bits per heavy atom. The number of methoxy groups -OCH3 is 1. The van der Waals surface area contributed by atoms with Gasteiger partial charge in [-0.15, -0.1) is 0 Å². The van der Waals surface area contributed by atoms with E-state index >= 15 is 0 Å². The lowest BCUT2D eigenvalue weighted by atomic mass is 10.1. The molecule has 0 saturated heterocycles. The predicted molar refractivity (Wildman–Crippen MR) is 86.5 cm³/mol. The number of nitrogens with zero attached hydrogens (tertiary/aromatic N) is 4. The van der Waals surface area contributed by atoms with Crippen LogP contribution < -0.4 is 4.74 Å². The van der Waals surface area contributed by atoms with Crippen LogP contribution in [0.4, 0.5) is 0 Å². The van der Waals surface area contributed by atoms with Crippen LogP contribution in [0, 0.1) is 6.92 Å². The molecule has 2 heterocycles. The van der Waals surface area contributed by atoms with Crippen molar-refractivity contribution in [1.29, 1.82) is 0 Å². The molecule has 0 aliphatic carbocycles. The number of hydrogen-bond donors (Lipinski definition) is 0. The molecule has 118 valence electrons. The van der Waals surface area contributed by atoms with Gasteiger partial charge in [0, 0.05) is 26.0 Å². The maximum absolute atomic E-state index is 12.8. The van der Waals surface area contributed by atoms with Crippen molar-refractivity contribution in [2.75, 3.05) is 14.2 Å². The van der Waals surface area contributed by atoms with E-state index in [0.29, 0.717) is 23.4 Å². The molecular weight excluding hydrogens is 292 g/mol. The quantitative estimate of drug-likeness (QED) is 0.742. The Labute approximate surface area is 134 Å². The van der Waals surface area contributed by atoms with Gasteiger partial charge in [0.15, 0.2) is 5.65 Å². The second kappa shape index (κ2) is 6.08. The fourth-order valence-corrected chi connectivity index (χ4v) is 2.51. The first-order chi connectivity index (χ1) is 11.1. The molecule has 0 N–H and O–H groups in total. The minimum Gasteiger partial charge on any atom is -0.497 e. The van der Waals surface area contributed by atoms with Crippen LogP contribution in [0.15, 0.2) is 42.7 Å². The van der Waals surface area contributed by atoms with E-state index in [9.17, 15) is 4.79 Å². The number of fused-ring (bicyclic) bond motifs is 1. The van der Waals surface area contributed by atoms with Crippen LogP contribution in [0.2, 0.25) is 0 Å². The van der Waals surface area contributed by atoms with Gasteiger partial charge in [-0.1, -0.05) is 12.1 Å². The van der Waals surface area contributed by atoms with E-state index in [4.69, 9.17) is 4.74 Å². The third-order valence-electron chi connectivity index (χ3n) is 3.71. The number of hydrogen-bond acceptors (Lipinski definition) is 4. The zero-order chi connectivity index (χ0) is 16.4. The molecule has 0 unspecified atom stereocenters. The predicted octanol–water partition coefficient (Wildman–Crippen LogP) is 2.32. The summed E-state index contributed by atoms with van der Waals surface area (Å²) in [5.74, 6) is 0.706. The molecule has 23 heavy (non-hydrogen) atoms. The molecule has 0 fully saturated rings. The number of rotatable bonds is 4. The van der Waals surface area contributed by atoms with Crippen molar-refractivity contribution in [3.05, 3.63) is 59.5 Å². The monoisotopic (exact) mass is 310 g/mol. The highest BCUT2D eigenvalue weighted by atomic mass is 16.5. The maximum atomic E-state index is 12.8. The average Bonchev–Trinajstić information content (AvgIpc) is 2.90. The number of aryl methyl sites for hydroxylation is 1. The van der Waals surface area contributed by atoms with Crippen LogP contribution in [0.5, 0.6) is 5.75 Å². The summed E-state index contributed by atoms with van der Waals surface area (Å²) in [5.41, 5.74) is 2.83. The largest absolute Gasteiger partial charge is 0.497 e. The molecule has 0 atom stereocenters. The van der Waals surface area contributed by atoms with E-state index in [-0.39, 0.29) is 5.91 Å². The summed E-state index contributed by atoms with van der Waals surface area (Å²) in [6.07, 6.45) is 3.45. The van der Waals surface area contributed by atoms with Gasteiger partial charge in [-0.05, 0) is 30.7 Å². The first kappa shape index (κ1) is 15.0. The van der Waals surface area contributed by atoms with Crippen LogP contribution in [0.25, 0.3) is 5.65 Å². The third-order valence-corrected chi connectivity index (χ3v) is 3.71. The fourth-order valence-electron chi connectivity index (χ4n) is 2.51. The first-order valence-electron chi connectivity index (χ1n) is 7.28. The summed E-state index contributed by atoms with van der Waals surface area (Å²) in [4.78, 5) is 18.7. The third kappa shape index (κ3) is 2.88. The topological polar surface area (TPSA) is 59.7 Å². The van der Waals surface area contributed by atoms with Crippen molar-refractivity contribution in [2.24, 2.45) is 0 Å². The zero-order valence-corrected chi connectivity index (χ0v) is 13.4. The van der Waals surface area contributed by atoms with E-state index in [1.165, 1.54) is 0 Å². The first-order valence-corrected chi connectivity index (χ1v) is 7.28. The summed E-state index contributed by atoms with van der Waals surface area (Å²) in [7, 11) is 3.41. The molecule has 1 aromatic carbocycles. The van der Waals surface area contributed by atoms with Gasteiger partial charge in [-0.25, -0.2) is 9.50 Å². The fraction of sp³-hybridized carbons (Fsp3) is 0.235. The molecular formula is C17H18N4O2. The van der Waals surface area contributed by atoms with Crippen LogP contribution in [-0.2, 0) is 6.54 Å². The number of benzene rings is 1. The molecule has 0 aliphatic rings. The molecule has 6 nitrogen and oxygen atoms in total. The molecule has 1 amide bonds. The summed E-state index contributed by atoms with van der Waals surface area (Å²) in [5, 5.41) is 4.34. The van der Waals surface area contributed by atoms with E-state index in [2.05, 4.69) is 10.1 Å². The SMILES string of the molecule is COc1ccc(CN(C)C(=O)c2c(C)nn3cccnc23)cc1. The molecule has 0 radical (unpaired) electrons.